The number of nitrogens with one attached hydrogen (secondary N) is 1. The molecule has 0 aliphatic carbocycles. The molecule has 1 aliphatic rings. The molecule has 180 valence electrons. The average molecular weight is 468 g/mol. The molecule has 0 radical (unpaired) electrons. The molecule has 3 N–H and O–H groups in total. The number of hydrogen-bond donors (Lipinski definition) is 2. The highest BCUT2D eigenvalue weighted by molar-refractivity contribution is 6.04. The van der Waals surface area contributed by atoms with E-state index in [9.17, 15) is 9.59 Å². The Hall–Kier alpha value is -3.73. The summed E-state index contributed by atoms with van der Waals surface area (Å²) in [5, 5.41) is 2.89. The van der Waals surface area contributed by atoms with Crippen LogP contribution < -0.4 is 26.1 Å². The van der Waals surface area contributed by atoms with Crippen LogP contribution in [0.2, 0.25) is 0 Å². The lowest BCUT2D eigenvalue weighted by Crippen LogP contribution is -2.27. The van der Waals surface area contributed by atoms with Crippen molar-refractivity contribution in [1.29, 1.82) is 0 Å². The zero-order valence-electron chi connectivity index (χ0n) is 19.4. The standard InChI is InChI=1S/C23H29N7O4/c1-3-30-22(32)18-16(24)11-17(34-10-6-9-29-7-4-5-8-29)20(33-2)19(18)27-23(30)28-21(31)15-12-25-14-26-13-15/h11-14H,3-10,24H2,1-2H3,(H,27,28,31). The monoisotopic (exact) mass is 467 g/mol. The van der Waals surface area contributed by atoms with Gasteiger partial charge in [0.15, 0.2) is 11.5 Å². The first-order valence-electron chi connectivity index (χ1n) is 11.4. The lowest BCUT2D eigenvalue weighted by molar-refractivity contribution is 0.102. The Balaban J connectivity index is 1.66. The van der Waals surface area contributed by atoms with Crippen molar-refractivity contribution in [2.24, 2.45) is 0 Å². The maximum Gasteiger partial charge on any atom is 0.265 e. The first-order chi connectivity index (χ1) is 16.5. The molecule has 11 nitrogen and oxygen atoms in total. The van der Waals surface area contributed by atoms with E-state index >= 15 is 0 Å². The van der Waals surface area contributed by atoms with Crippen molar-refractivity contribution in [2.45, 2.75) is 32.7 Å². The van der Waals surface area contributed by atoms with Gasteiger partial charge in [0, 0.05) is 31.5 Å². The second kappa shape index (κ2) is 10.5. The number of aromatic nitrogens is 4. The zero-order chi connectivity index (χ0) is 24.1. The number of nitrogens with two attached hydrogens (primary N) is 1. The molecule has 1 saturated heterocycles. The predicted octanol–water partition coefficient (Wildman–Crippen LogP) is 1.91. The van der Waals surface area contributed by atoms with Crippen LogP contribution in [-0.4, -0.2) is 63.7 Å². The summed E-state index contributed by atoms with van der Waals surface area (Å²) >= 11 is 0. The lowest BCUT2D eigenvalue weighted by Gasteiger charge is -2.18. The maximum atomic E-state index is 13.3. The molecule has 1 aliphatic heterocycles. The third kappa shape index (κ3) is 4.79. The van der Waals surface area contributed by atoms with Crippen molar-refractivity contribution in [3.8, 4) is 11.5 Å². The molecular weight excluding hydrogens is 438 g/mol. The topological polar surface area (TPSA) is 137 Å². The Morgan fingerprint density at radius 3 is 2.65 bits per heavy atom. The van der Waals surface area contributed by atoms with Crippen LogP contribution in [0, 0.1) is 0 Å². The van der Waals surface area contributed by atoms with Crippen LogP contribution in [0.25, 0.3) is 10.9 Å². The molecule has 0 spiro atoms. The van der Waals surface area contributed by atoms with Crippen molar-refractivity contribution < 1.29 is 14.3 Å². The van der Waals surface area contributed by atoms with E-state index < -0.39 is 5.91 Å². The van der Waals surface area contributed by atoms with Gasteiger partial charge in [-0.1, -0.05) is 0 Å². The number of carbonyl (C=O) groups excluding carboxylic acids is 1. The summed E-state index contributed by atoms with van der Waals surface area (Å²) in [6.07, 6.45) is 7.43. The summed E-state index contributed by atoms with van der Waals surface area (Å²) in [6, 6.07) is 1.60. The smallest absolute Gasteiger partial charge is 0.265 e. The number of likely N-dealkylation sites (tertiary alicyclic amines) is 1. The number of carbonyl (C=O) groups is 1. The van der Waals surface area contributed by atoms with Gasteiger partial charge in [-0.2, -0.15) is 0 Å². The fraction of sp³-hybridized carbons (Fsp3) is 0.435. The second-order valence-electron chi connectivity index (χ2n) is 8.04. The van der Waals surface area contributed by atoms with Crippen LogP contribution in [0.3, 0.4) is 0 Å². The zero-order valence-corrected chi connectivity index (χ0v) is 19.4. The average Bonchev–Trinajstić information content (AvgIpc) is 3.36. The number of benzene rings is 1. The van der Waals surface area contributed by atoms with Crippen LogP contribution in [0.5, 0.6) is 11.5 Å². The van der Waals surface area contributed by atoms with E-state index in [-0.39, 0.29) is 40.2 Å². The largest absolute Gasteiger partial charge is 0.491 e. The highest BCUT2D eigenvalue weighted by atomic mass is 16.5. The quantitative estimate of drug-likeness (QED) is 0.357. The van der Waals surface area contributed by atoms with Crippen LogP contribution in [-0.2, 0) is 6.54 Å². The van der Waals surface area contributed by atoms with E-state index in [0.717, 1.165) is 26.1 Å². The van der Waals surface area contributed by atoms with Gasteiger partial charge >= 0.3 is 0 Å². The van der Waals surface area contributed by atoms with Gasteiger partial charge in [0.05, 0.1) is 30.4 Å². The molecule has 3 aromatic rings. The Kier molecular flexibility index (Phi) is 7.21. The molecule has 0 atom stereocenters. The van der Waals surface area contributed by atoms with Gasteiger partial charge in [-0.15, -0.1) is 0 Å². The molecule has 1 amide bonds. The van der Waals surface area contributed by atoms with Crippen LogP contribution in [0.15, 0.2) is 29.6 Å². The summed E-state index contributed by atoms with van der Waals surface area (Å²) in [5.74, 6) is 0.279. The van der Waals surface area contributed by atoms with Gasteiger partial charge in [-0.25, -0.2) is 15.0 Å². The first kappa shape index (κ1) is 23.4. The molecule has 3 heterocycles. The molecule has 0 unspecified atom stereocenters. The fourth-order valence-electron chi connectivity index (χ4n) is 4.13. The minimum absolute atomic E-state index is 0.0673. The Morgan fingerprint density at radius 1 is 1.24 bits per heavy atom. The number of nitrogen functional groups attached to an aromatic ring is 1. The number of methoxy groups -OCH3 is 1. The minimum atomic E-state index is -0.490. The number of amides is 1. The summed E-state index contributed by atoms with van der Waals surface area (Å²) in [4.78, 5) is 40.6. The Labute approximate surface area is 196 Å². The number of rotatable bonds is 9. The Morgan fingerprint density at radius 2 is 1.97 bits per heavy atom. The van der Waals surface area contributed by atoms with Gasteiger partial charge in [0.25, 0.3) is 11.5 Å². The second-order valence-corrected chi connectivity index (χ2v) is 8.04. The van der Waals surface area contributed by atoms with Gasteiger partial charge in [-0.05, 0) is 39.3 Å². The lowest BCUT2D eigenvalue weighted by atomic mass is 10.1. The summed E-state index contributed by atoms with van der Waals surface area (Å²) in [5.41, 5.74) is 6.57. The van der Waals surface area contributed by atoms with E-state index in [4.69, 9.17) is 15.2 Å². The minimum Gasteiger partial charge on any atom is -0.491 e. The van der Waals surface area contributed by atoms with Crippen molar-refractivity contribution in [3.63, 3.8) is 0 Å². The molecule has 34 heavy (non-hydrogen) atoms. The van der Waals surface area contributed by atoms with Gasteiger partial charge in [0.1, 0.15) is 11.8 Å². The number of ether oxygens (including phenoxy) is 2. The molecule has 0 saturated carbocycles. The third-order valence-electron chi connectivity index (χ3n) is 5.83. The highest BCUT2D eigenvalue weighted by Gasteiger charge is 2.22. The van der Waals surface area contributed by atoms with E-state index in [1.165, 1.54) is 43.2 Å². The maximum absolute atomic E-state index is 13.3. The summed E-state index contributed by atoms with van der Waals surface area (Å²) in [6.45, 7) is 5.75. The van der Waals surface area contributed by atoms with Crippen LogP contribution >= 0.6 is 0 Å². The van der Waals surface area contributed by atoms with Crippen molar-refractivity contribution in [2.75, 3.05) is 44.4 Å². The van der Waals surface area contributed by atoms with Crippen molar-refractivity contribution in [1.82, 2.24) is 24.4 Å². The summed E-state index contributed by atoms with van der Waals surface area (Å²) in [7, 11) is 1.48. The number of fused-ring (bicyclic) bond motifs is 1. The van der Waals surface area contributed by atoms with E-state index in [2.05, 4.69) is 25.2 Å². The number of hydrogen-bond acceptors (Lipinski definition) is 9. The predicted molar refractivity (Wildman–Crippen MR) is 128 cm³/mol. The van der Waals surface area contributed by atoms with E-state index in [0.29, 0.717) is 18.1 Å². The highest BCUT2D eigenvalue weighted by Crippen LogP contribution is 2.37. The molecule has 1 fully saturated rings. The van der Waals surface area contributed by atoms with Gasteiger partial charge in [-0.3, -0.25) is 19.5 Å². The Bertz CT molecular complexity index is 1220. The van der Waals surface area contributed by atoms with Crippen molar-refractivity contribution >= 4 is 28.4 Å². The summed E-state index contributed by atoms with van der Waals surface area (Å²) < 4.78 is 12.9. The SMILES string of the molecule is CCn1c(NC(=O)c2cncnc2)nc2c(OC)c(OCCCN3CCCC3)cc(N)c2c1=O. The molecular formula is C23H29N7O4. The molecule has 11 heteroatoms. The molecule has 4 rings (SSSR count). The molecule has 0 bridgehead atoms. The van der Waals surface area contributed by atoms with Crippen LogP contribution in [0.1, 0.15) is 36.5 Å². The number of nitrogens with zero attached hydrogens (tertiary/aromatic N) is 5. The normalized spacial score (nSPS) is 13.8. The molecule has 1 aromatic carbocycles. The first-order valence-corrected chi connectivity index (χ1v) is 11.4. The van der Waals surface area contributed by atoms with Crippen molar-refractivity contribution in [3.05, 3.63) is 40.7 Å². The van der Waals surface area contributed by atoms with E-state index in [1.807, 2.05) is 0 Å². The van der Waals surface area contributed by atoms with Gasteiger partial charge in [0.2, 0.25) is 5.95 Å². The van der Waals surface area contributed by atoms with Crippen LogP contribution in [0.4, 0.5) is 11.6 Å². The number of anilines is 2. The third-order valence-corrected chi connectivity index (χ3v) is 5.83. The van der Waals surface area contributed by atoms with Gasteiger partial charge < -0.3 is 20.1 Å². The fourth-order valence-corrected chi connectivity index (χ4v) is 4.13. The van der Waals surface area contributed by atoms with E-state index in [1.54, 1.807) is 13.0 Å². The molecule has 2 aromatic heterocycles.